The lowest BCUT2D eigenvalue weighted by molar-refractivity contribution is -0.125. The highest BCUT2D eigenvalue weighted by molar-refractivity contribution is 5.94. The van der Waals surface area contributed by atoms with Crippen LogP contribution >= 0.6 is 0 Å². The van der Waals surface area contributed by atoms with Crippen molar-refractivity contribution in [1.29, 1.82) is 0 Å². The lowest BCUT2D eigenvalue weighted by Gasteiger charge is -2.17. The molecular weight excluding hydrogens is 354 g/mol. The molecule has 144 valence electrons. The molecule has 2 aromatic rings. The molecule has 5 nitrogen and oxygen atoms in total. The van der Waals surface area contributed by atoms with Gasteiger partial charge in [0.1, 0.15) is 11.5 Å². The zero-order valence-corrected chi connectivity index (χ0v) is 15.7. The first-order chi connectivity index (χ1) is 13.5. The number of likely N-dealkylation sites (tertiary alicyclic amines) is 1. The second-order valence-corrected chi connectivity index (χ2v) is 6.68. The van der Waals surface area contributed by atoms with Gasteiger partial charge in [0, 0.05) is 18.5 Å². The van der Waals surface area contributed by atoms with Gasteiger partial charge in [0.2, 0.25) is 5.91 Å². The number of phenolic OH excluding ortho intramolecular Hbond substituents is 1. The summed E-state index contributed by atoms with van der Waals surface area (Å²) in [6.45, 7) is 7.86. The van der Waals surface area contributed by atoms with Gasteiger partial charge >= 0.3 is 6.09 Å². The molecule has 1 aliphatic rings. The van der Waals surface area contributed by atoms with Crippen LogP contribution in [0.3, 0.4) is 0 Å². The number of phenols is 1. The molecule has 0 saturated carbocycles. The third-order valence-electron chi connectivity index (χ3n) is 4.67. The molecule has 0 radical (unpaired) electrons. The maximum atomic E-state index is 12.5. The van der Waals surface area contributed by atoms with Gasteiger partial charge in [-0.15, -0.1) is 13.2 Å². The van der Waals surface area contributed by atoms with Crippen molar-refractivity contribution >= 4 is 12.0 Å². The van der Waals surface area contributed by atoms with Crippen LogP contribution in [0.15, 0.2) is 61.7 Å². The van der Waals surface area contributed by atoms with E-state index >= 15 is 0 Å². The molecule has 0 spiro atoms. The summed E-state index contributed by atoms with van der Waals surface area (Å²) < 4.78 is 5.58. The maximum absolute atomic E-state index is 12.5. The van der Waals surface area contributed by atoms with E-state index in [0.717, 1.165) is 21.6 Å². The van der Waals surface area contributed by atoms with Gasteiger partial charge in [-0.2, -0.15) is 0 Å². The Kier molecular flexibility index (Phi) is 5.94. The molecule has 2 amide bonds. The van der Waals surface area contributed by atoms with Crippen LogP contribution in [0.2, 0.25) is 0 Å². The monoisotopic (exact) mass is 377 g/mol. The van der Waals surface area contributed by atoms with Crippen molar-refractivity contribution in [2.75, 3.05) is 6.54 Å². The number of imide groups is 1. The Hall–Kier alpha value is -3.34. The molecule has 1 N–H and O–H groups in total. The highest BCUT2D eigenvalue weighted by Crippen LogP contribution is 2.34. The first-order valence-electron chi connectivity index (χ1n) is 9.22. The second kappa shape index (κ2) is 8.57. The van der Waals surface area contributed by atoms with Crippen LogP contribution in [0.5, 0.6) is 11.5 Å². The van der Waals surface area contributed by atoms with Gasteiger partial charge in [-0.25, -0.2) is 9.69 Å². The van der Waals surface area contributed by atoms with Crippen molar-refractivity contribution in [1.82, 2.24) is 4.90 Å². The van der Waals surface area contributed by atoms with E-state index in [4.69, 9.17) is 4.74 Å². The molecule has 1 fully saturated rings. The number of hydrogen-bond donors (Lipinski definition) is 1. The second-order valence-electron chi connectivity index (χ2n) is 6.68. The molecule has 1 heterocycles. The summed E-state index contributed by atoms with van der Waals surface area (Å²) in [6, 6.07) is 10.8. The molecule has 0 aromatic heterocycles. The molecule has 28 heavy (non-hydrogen) atoms. The molecule has 5 heteroatoms. The number of ether oxygens (including phenoxy) is 1. The van der Waals surface area contributed by atoms with Gasteiger partial charge in [0.15, 0.2) is 0 Å². The van der Waals surface area contributed by atoms with Crippen LogP contribution in [0.4, 0.5) is 4.79 Å². The minimum Gasteiger partial charge on any atom is -0.508 e. The Bertz CT molecular complexity index is 932. The number of carbonyl (C=O) groups excluding carboxylic acids is 2. The van der Waals surface area contributed by atoms with Crippen LogP contribution in [0, 0.1) is 0 Å². The van der Waals surface area contributed by atoms with E-state index in [1.54, 1.807) is 30.4 Å². The van der Waals surface area contributed by atoms with Gasteiger partial charge in [0.25, 0.3) is 0 Å². The van der Waals surface area contributed by atoms with Crippen molar-refractivity contribution in [3.63, 3.8) is 0 Å². The number of hydrogen-bond acceptors (Lipinski definition) is 4. The Balaban J connectivity index is 2.00. The van der Waals surface area contributed by atoms with E-state index in [1.165, 1.54) is 0 Å². The molecular formula is C23H23NO4. The van der Waals surface area contributed by atoms with E-state index in [9.17, 15) is 14.7 Å². The van der Waals surface area contributed by atoms with Crippen LogP contribution in [-0.2, 0) is 17.6 Å². The SMILES string of the molecule is C=CCc1ccc(OC(=O)N2CCCC2=O)c(-c2ccc(O)c(CC=C)c2)c1. The van der Waals surface area contributed by atoms with Crippen molar-refractivity contribution in [2.45, 2.75) is 25.7 Å². The molecule has 2 aromatic carbocycles. The van der Waals surface area contributed by atoms with E-state index in [2.05, 4.69) is 13.2 Å². The summed E-state index contributed by atoms with van der Waals surface area (Å²) in [5, 5.41) is 10.0. The molecule has 0 atom stereocenters. The fourth-order valence-corrected chi connectivity index (χ4v) is 3.25. The average molecular weight is 377 g/mol. The van der Waals surface area contributed by atoms with Gasteiger partial charge in [0.05, 0.1) is 0 Å². The number of benzene rings is 2. The van der Waals surface area contributed by atoms with Crippen molar-refractivity contribution in [3.8, 4) is 22.6 Å². The Morgan fingerprint density at radius 1 is 1.14 bits per heavy atom. The summed E-state index contributed by atoms with van der Waals surface area (Å²) in [7, 11) is 0. The zero-order chi connectivity index (χ0) is 20.1. The molecule has 3 rings (SSSR count). The normalized spacial score (nSPS) is 13.4. The third kappa shape index (κ3) is 4.14. The van der Waals surface area contributed by atoms with E-state index < -0.39 is 6.09 Å². The van der Waals surface area contributed by atoms with Gasteiger partial charge < -0.3 is 9.84 Å². The Morgan fingerprint density at radius 3 is 2.61 bits per heavy atom. The quantitative estimate of drug-likeness (QED) is 0.745. The molecule has 1 aliphatic heterocycles. The molecule has 0 bridgehead atoms. The predicted molar refractivity (Wildman–Crippen MR) is 108 cm³/mol. The van der Waals surface area contributed by atoms with E-state index in [1.807, 2.05) is 18.2 Å². The number of amides is 2. The first-order valence-corrected chi connectivity index (χ1v) is 9.22. The zero-order valence-electron chi connectivity index (χ0n) is 15.7. The van der Waals surface area contributed by atoms with E-state index in [0.29, 0.717) is 43.5 Å². The minimum atomic E-state index is -0.662. The summed E-state index contributed by atoms with van der Waals surface area (Å²) in [5.74, 6) is 0.340. The topological polar surface area (TPSA) is 66.8 Å². The highest BCUT2D eigenvalue weighted by Gasteiger charge is 2.28. The van der Waals surface area contributed by atoms with Crippen molar-refractivity contribution in [2.24, 2.45) is 0 Å². The highest BCUT2D eigenvalue weighted by atomic mass is 16.6. The largest absolute Gasteiger partial charge is 0.508 e. The third-order valence-corrected chi connectivity index (χ3v) is 4.67. The van der Waals surface area contributed by atoms with Gasteiger partial charge in [-0.1, -0.05) is 24.3 Å². The Labute approximate surface area is 164 Å². The lowest BCUT2D eigenvalue weighted by Crippen LogP contribution is -2.34. The van der Waals surface area contributed by atoms with Crippen molar-refractivity contribution < 1.29 is 19.4 Å². The number of carbonyl (C=O) groups is 2. The van der Waals surface area contributed by atoms with Crippen LogP contribution in [-0.4, -0.2) is 28.6 Å². The standard InChI is InChI=1S/C23H23NO4/c1-3-6-16-9-12-21(28-23(27)24-13-5-8-22(24)26)19(14-16)17-10-11-20(25)18(15-17)7-4-2/h3-4,9-12,14-15,25H,1-2,5-8,13H2. The van der Waals surface area contributed by atoms with Crippen molar-refractivity contribution in [3.05, 3.63) is 72.8 Å². The average Bonchev–Trinajstić information content (AvgIpc) is 3.11. The number of aromatic hydroxyl groups is 1. The van der Waals surface area contributed by atoms with Crippen LogP contribution in [0.25, 0.3) is 11.1 Å². The minimum absolute atomic E-state index is 0.187. The maximum Gasteiger partial charge on any atom is 0.422 e. The van der Waals surface area contributed by atoms with E-state index in [-0.39, 0.29) is 11.7 Å². The van der Waals surface area contributed by atoms with Crippen LogP contribution < -0.4 is 4.74 Å². The summed E-state index contributed by atoms with van der Waals surface area (Å²) in [6.07, 6.45) is 5.06. The summed E-state index contributed by atoms with van der Waals surface area (Å²) >= 11 is 0. The first kappa shape index (κ1) is 19.4. The fourth-order valence-electron chi connectivity index (χ4n) is 3.25. The van der Waals surface area contributed by atoms with Crippen LogP contribution in [0.1, 0.15) is 24.0 Å². The summed E-state index contributed by atoms with van der Waals surface area (Å²) in [4.78, 5) is 25.4. The molecule has 0 unspecified atom stereocenters. The molecule has 0 aliphatic carbocycles. The lowest BCUT2D eigenvalue weighted by atomic mass is 9.97. The summed E-state index contributed by atoms with van der Waals surface area (Å²) in [5.41, 5.74) is 3.26. The smallest absolute Gasteiger partial charge is 0.422 e. The fraction of sp³-hybridized carbons (Fsp3) is 0.217. The number of rotatable bonds is 6. The number of allylic oxidation sites excluding steroid dienone is 2. The predicted octanol–water partition coefficient (Wildman–Crippen LogP) is 4.64. The van der Waals surface area contributed by atoms with Gasteiger partial charge in [-0.05, 0) is 60.2 Å². The van der Waals surface area contributed by atoms with Gasteiger partial charge in [-0.3, -0.25) is 4.79 Å². The number of nitrogens with zero attached hydrogens (tertiary/aromatic N) is 1. The molecule has 1 saturated heterocycles. The Morgan fingerprint density at radius 2 is 1.93 bits per heavy atom.